The van der Waals surface area contributed by atoms with Crippen molar-refractivity contribution in [2.24, 2.45) is 0 Å². The van der Waals surface area contributed by atoms with Gasteiger partial charge in [-0.3, -0.25) is 23.8 Å². The zero-order valence-electron chi connectivity index (χ0n) is 36.9. The molecule has 0 aromatic heterocycles. The molecule has 0 aliphatic heterocycles. The first-order chi connectivity index (χ1) is 32.5. The summed E-state index contributed by atoms with van der Waals surface area (Å²) in [5, 5.41) is 20.1. The number of amides is 1. The van der Waals surface area contributed by atoms with E-state index in [0.29, 0.717) is 16.9 Å². The van der Waals surface area contributed by atoms with E-state index in [9.17, 15) is 54.3 Å². The standard InChI is InChI=1S/C24H21F3N2O6S.C24H23NO7S/c1-15-5-8-19(9-6-15)36(33,34)29-20-13-17(23(32)28-14-24(25,26)27)7-10-21(20)35-18-4-2-3-16(11-18)12-22(30)31;1-3-31-23(26)14-17-5-4-6-19(13-17)32-22-12-9-18(24(27)28)15-21(22)25-33(29,30)20-10-7-16(2)8-11-20/h2-11,13,29H,12,14H2,1H3,(H,28,32)(H,30,31);4-13,15,25H,3,14H2,1-2H3,(H,27,28). The fraction of sp³-hybridized carbons (Fsp3) is 0.167. The first-order valence-electron chi connectivity index (χ1n) is 20.5. The summed E-state index contributed by atoms with van der Waals surface area (Å²) in [5.41, 5.74) is 2.19. The zero-order chi connectivity index (χ0) is 50.5. The quantitative estimate of drug-likeness (QED) is 0.0506. The topological polar surface area (TPSA) is 241 Å². The molecule has 0 saturated heterocycles. The zero-order valence-corrected chi connectivity index (χ0v) is 38.5. The van der Waals surface area contributed by atoms with Gasteiger partial charge in [-0.1, -0.05) is 59.7 Å². The van der Waals surface area contributed by atoms with Crippen molar-refractivity contribution in [3.8, 4) is 23.0 Å². The van der Waals surface area contributed by atoms with Gasteiger partial charge in [0.15, 0.2) is 11.5 Å². The Kier molecular flexibility index (Phi) is 17.1. The number of hydrogen-bond acceptors (Lipinski definition) is 11. The van der Waals surface area contributed by atoms with Gasteiger partial charge in [0.05, 0.1) is 46.2 Å². The van der Waals surface area contributed by atoms with E-state index in [1.54, 1.807) is 79.8 Å². The molecular formula is C48H44F3N3O13S2. The first-order valence-corrected chi connectivity index (χ1v) is 23.4. The van der Waals surface area contributed by atoms with Crippen LogP contribution in [-0.4, -0.2) is 70.2 Å². The number of anilines is 2. The number of rotatable bonds is 18. The molecule has 0 saturated carbocycles. The highest BCUT2D eigenvalue weighted by molar-refractivity contribution is 7.93. The number of esters is 1. The summed E-state index contributed by atoms with van der Waals surface area (Å²) in [6.07, 6.45) is -4.85. The third kappa shape index (κ3) is 15.9. The van der Waals surface area contributed by atoms with Crippen LogP contribution >= 0.6 is 0 Å². The third-order valence-electron chi connectivity index (χ3n) is 9.33. The molecule has 0 aliphatic carbocycles. The number of aromatic carboxylic acids is 1. The van der Waals surface area contributed by atoms with Gasteiger partial charge in [0.1, 0.15) is 18.0 Å². The molecule has 1 amide bonds. The van der Waals surface area contributed by atoms with Crippen LogP contribution in [0.25, 0.3) is 0 Å². The Hall–Kier alpha value is -7.91. The second-order valence-electron chi connectivity index (χ2n) is 14.9. The molecule has 0 atom stereocenters. The van der Waals surface area contributed by atoms with E-state index in [-0.39, 0.29) is 75.0 Å². The maximum absolute atomic E-state index is 13.0. The van der Waals surface area contributed by atoms with E-state index in [1.807, 2.05) is 6.92 Å². The van der Waals surface area contributed by atoms with Crippen LogP contribution in [0.5, 0.6) is 23.0 Å². The lowest BCUT2D eigenvalue weighted by Crippen LogP contribution is -2.33. The third-order valence-corrected chi connectivity index (χ3v) is 12.1. The number of halogens is 3. The van der Waals surface area contributed by atoms with Crippen LogP contribution in [0.15, 0.2) is 143 Å². The van der Waals surface area contributed by atoms with Crippen LogP contribution in [0.3, 0.4) is 0 Å². The molecule has 0 bridgehead atoms. The monoisotopic (exact) mass is 991 g/mol. The Morgan fingerprint density at radius 2 is 1.04 bits per heavy atom. The Bertz CT molecular complexity index is 3060. The summed E-state index contributed by atoms with van der Waals surface area (Å²) in [7, 11) is -8.17. The summed E-state index contributed by atoms with van der Waals surface area (Å²) in [4.78, 5) is 46.4. The smallest absolute Gasteiger partial charge is 0.405 e. The normalized spacial score (nSPS) is 11.3. The van der Waals surface area contributed by atoms with E-state index < -0.39 is 50.6 Å². The van der Waals surface area contributed by atoms with Crippen molar-refractivity contribution in [2.75, 3.05) is 22.6 Å². The van der Waals surface area contributed by atoms with E-state index >= 15 is 0 Å². The molecule has 6 aromatic carbocycles. The lowest BCUT2D eigenvalue weighted by Gasteiger charge is -2.16. The van der Waals surface area contributed by atoms with Gasteiger partial charge in [-0.2, -0.15) is 13.2 Å². The number of carbonyl (C=O) groups excluding carboxylic acids is 2. The lowest BCUT2D eigenvalue weighted by atomic mass is 10.1. The molecule has 5 N–H and O–H groups in total. The molecule has 0 fully saturated rings. The summed E-state index contributed by atoms with van der Waals surface area (Å²) in [6, 6.07) is 32.2. The fourth-order valence-electron chi connectivity index (χ4n) is 6.04. The van der Waals surface area contributed by atoms with Crippen LogP contribution in [0.1, 0.15) is 49.9 Å². The minimum atomic E-state index is -4.63. The van der Waals surface area contributed by atoms with E-state index in [2.05, 4.69) is 9.44 Å². The maximum Gasteiger partial charge on any atom is 0.405 e. The summed E-state index contributed by atoms with van der Waals surface area (Å²) in [5.74, 6) is -3.17. The van der Waals surface area contributed by atoms with Crippen molar-refractivity contribution in [2.45, 2.75) is 49.6 Å². The molecule has 0 heterocycles. The van der Waals surface area contributed by atoms with Crippen LogP contribution in [0, 0.1) is 13.8 Å². The van der Waals surface area contributed by atoms with Crippen molar-refractivity contribution in [1.82, 2.24) is 5.32 Å². The predicted molar refractivity (Wildman–Crippen MR) is 247 cm³/mol. The minimum absolute atomic E-state index is 0.0243. The summed E-state index contributed by atoms with van der Waals surface area (Å²) in [6.45, 7) is 4.04. The van der Waals surface area contributed by atoms with Crippen molar-refractivity contribution < 1.29 is 73.6 Å². The van der Waals surface area contributed by atoms with Gasteiger partial charge in [0.25, 0.3) is 26.0 Å². The number of carboxylic acids is 2. The summed E-state index contributed by atoms with van der Waals surface area (Å²) < 4.78 is 110. The molecule has 362 valence electrons. The van der Waals surface area contributed by atoms with Gasteiger partial charge in [0, 0.05) is 5.56 Å². The van der Waals surface area contributed by atoms with Gasteiger partial charge in [-0.25, -0.2) is 21.6 Å². The molecule has 6 rings (SSSR count). The molecule has 6 aromatic rings. The Balaban J connectivity index is 0.000000258. The van der Waals surface area contributed by atoms with Crippen LogP contribution in [-0.2, 0) is 47.2 Å². The minimum Gasteiger partial charge on any atom is -0.481 e. The number of alkyl halides is 3. The molecule has 0 unspecified atom stereocenters. The number of aliphatic carboxylic acids is 1. The van der Waals surface area contributed by atoms with Crippen molar-refractivity contribution in [1.29, 1.82) is 0 Å². The second-order valence-corrected chi connectivity index (χ2v) is 18.3. The highest BCUT2D eigenvalue weighted by Crippen LogP contribution is 2.35. The Labute approximate surface area is 394 Å². The fourth-order valence-corrected chi connectivity index (χ4v) is 8.16. The number of aryl methyl sites for hydroxylation is 2. The predicted octanol–water partition coefficient (Wildman–Crippen LogP) is 8.90. The van der Waals surface area contributed by atoms with Crippen LogP contribution in [0.4, 0.5) is 24.5 Å². The van der Waals surface area contributed by atoms with Gasteiger partial charge in [-0.15, -0.1) is 0 Å². The van der Waals surface area contributed by atoms with E-state index in [4.69, 9.17) is 19.3 Å². The number of nitrogens with one attached hydrogen (secondary N) is 3. The first kappa shape index (κ1) is 52.1. The molecule has 21 heteroatoms. The average molecular weight is 992 g/mol. The number of hydrogen-bond donors (Lipinski definition) is 5. The highest BCUT2D eigenvalue weighted by atomic mass is 32.2. The number of carbonyl (C=O) groups is 4. The van der Waals surface area contributed by atoms with Gasteiger partial charge < -0.3 is 29.7 Å². The molecule has 0 radical (unpaired) electrons. The van der Waals surface area contributed by atoms with Crippen LogP contribution < -0.4 is 24.2 Å². The van der Waals surface area contributed by atoms with E-state index in [1.165, 1.54) is 66.7 Å². The molecule has 69 heavy (non-hydrogen) atoms. The molecule has 16 nitrogen and oxygen atoms in total. The molecular weight excluding hydrogens is 948 g/mol. The second kappa shape index (κ2) is 22.7. The lowest BCUT2D eigenvalue weighted by molar-refractivity contribution is -0.142. The van der Waals surface area contributed by atoms with Crippen molar-refractivity contribution in [3.05, 3.63) is 167 Å². The largest absolute Gasteiger partial charge is 0.481 e. The maximum atomic E-state index is 13.0. The van der Waals surface area contributed by atoms with E-state index in [0.717, 1.165) is 17.2 Å². The van der Waals surface area contributed by atoms with Crippen molar-refractivity contribution >= 4 is 55.2 Å². The number of sulfonamides is 2. The molecule has 0 aliphatic rings. The van der Waals surface area contributed by atoms with Gasteiger partial charge in [-0.05, 0) is 117 Å². The number of ether oxygens (including phenoxy) is 3. The van der Waals surface area contributed by atoms with Gasteiger partial charge in [0.2, 0.25) is 0 Å². The van der Waals surface area contributed by atoms with Crippen LogP contribution in [0.2, 0.25) is 0 Å². The molecule has 0 spiro atoms. The Morgan fingerprint density at radius 3 is 1.48 bits per heavy atom. The highest BCUT2D eigenvalue weighted by Gasteiger charge is 2.28. The van der Waals surface area contributed by atoms with Gasteiger partial charge >= 0.3 is 24.1 Å². The number of benzene rings is 6. The number of carboxylic acid groups (broad SMARTS) is 2. The SMILES string of the molecule is CCOC(=O)Cc1cccc(Oc2ccc(C(=O)O)cc2NS(=O)(=O)c2ccc(C)cc2)c1.Cc1ccc(S(=O)(=O)Nc2cc(C(=O)NCC(F)(F)F)ccc2Oc2cccc(CC(=O)O)c2)cc1. The summed E-state index contributed by atoms with van der Waals surface area (Å²) >= 11 is 0. The Morgan fingerprint density at radius 1 is 0.594 bits per heavy atom. The average Bonchev–Trinajstić information content (AvgIpc) is 3.27. The van der Waals surface area contributed by atoms with Crippen molar-refractivity contribution in [3.63, 3.8) is 0 Å².